The van der Waals surface area contributed by atoms with Gasteiger partial charge in [0.1, 0.15) is 0 Å². The van der Waals surface area contributed by atoms with E-state index >= 15 is 0 Å². The minimum atomic E-state index is -0.197. The average Bonchev–Trinajstić information content (AvgIpc) is 3.35. The maximum Gasteiger partial charge on any atom is 0.239 e. The molecule has 150 valence electrons. The van der Waals surface area contributed by atoms with Gasteiger partial charge in [-0.2, -0.15) is 0 Å². The number of hydrogen-bond donors (Lipinski definition) is 2. The first-order chi connectivity index (χ1) is 14.1. The molecule has 2 amide bonds. The topological polar surface area (TPSA) is 83.7 Å². The van der Waals surface area contributed by atoms with Crippen LogP contribution in [0.1, 0.15) is 18.1 Å². The monoisotopic (exact) mass is 393 g/mol. The Morgan fingerprint density at radius 3 is 2.83 bits per heavy atom. The molecule has 2 N–H and O–H groups in total. The number of hydrogen-bond acceptors (Lipinski definition) is 4. The van der Waals surface area contributed by atoms with E-state index in [1.807, 2.05) is 42.6 Å². The molecule has 7 heteroatoms. The standard InChI is InChI=1S/C22H23N3O4/c1-15(26)25(9-8-17-12-23-19-5-3-2-4-18(17)19)13-22(27)24-11-16-6-7-20-21(10-16)29-14-28-20/h2-7,10,12,23H,8-9,11,13-14H2,1H3,(H,24,27). The van der Waals surface area contributed by atoms with E-state index in [0.717, 1.165) is 22.0 Å². The van der Waals surface area contributed by atoms with E-state index in [-0.39, 0.29) is 25.2 Å². The number of para-hydroxylation sites is 1. The highest BCUT2D eigenvalue weighted by Gasteiger charge is 2.16. The molecule has 0 saturated carbocycles. The Balaban J connectivity index is 1.31. The van der Waals surface area contributed by atoms with Crippen LogP contribution < -0.4 is 14.8 Å². The van der Waals surface area contributed by atoms with Gasteiger partial charge in [-0.15, -0.1) is 0 Å². The zero-order valence-electron chi connectivity index (χ0n) is 16.2. The van der Waals surface area contributed by atoms with Gasteiger partial charge in [0.2, 0.25) is 18.6 Å². The molecular formula is C22H23N3O4. The number of rotatable bonds is 7. The molecule has 0 radical (unpaired) electrons. The lowest BCUT2D eigenvalue weighted by Gasteiger charge is -2.20. The van der Waals surface area contributed by atoms with Crippen LogP contribution in [0, 0.1) is 0 Å². The van der Waals surface area contributed by atoms with E-state index in [1.54, 1.807) is 4.90 Å². The summed E-state index contributed by atoms with van der Waals surface area (Å²) in [5.41, 5.74) is 3.11. The van der Waals surface area contributed by atoms with Crippen LogP contribution in [0.25, 0.3) is 10.9 Å². The SMILES string of the molecule is CC(=O)N(CCc1c[nH]c2ccccc12)CC(=O)NCc1ccc2c(c1)OCO2. The number of nitrogens with one attached hydrogen (secondary N) is 2. The predicted octanol–water partition coefficient (Wildman–Crippen LogP) is 2.60. The number of carbonyl (C=O) groups excluding carboxylic acids is 2. The van der Waals surface area contributed by atoms with Crippen molar-refractivity contribution in [3.8, 4) is 11.5 Å². The number of fused-ring (bicyclic) bond motifs is 2. The number of carbonyl (C=O) groups is 2. The highest BCUT2D eigenvalue weighted by molar-refractivity contribution is 5.84. The minimum Gasteiger partial charge on any atom is -0.454 e. The molecule has 4 rings (SSSR count). The number of ether oxygens (including phenoxy) is 2. The number of amides is 2. The van der Waals surface area contributed by atoms with Gasteiger partial charge in [0.15, 0.2) is 11.5 Å². The van der Waals surface area contributed by atoms with Crippen molar-refractivity contribution in [2.24, 2.45) is 0 Å². The Labute approximate surface area is 168 Å². The van der Waals surface area contributed by atoms with Crippen LogP contribution in [0.3, 0.4) is 0 Å². The molecule has 1 aromatic heterocycles. The van der Waals surface area contributed by atoms with Crippen LogP contribution in [0.4, 0.5) is 0 Å². The first kappa shape index (κ1) is 18.9. The van der Waals surface area contributed by atoms with E-state index in [0.29, 0.717) is 31.0 Å². The van der Waals surface area contributed by atoms with Crippen LogP contribution in [0.2, 0.25) is 0 Å². The number of H-pyrrole nitrogens is 1. The third kappa shape index (κ3) is 4.34. The summed E-state index contributed by atoms with van der Waals surface area (Å²) in [6.07, 6.45) is 2.64. The molecule has 0 atom stereocenters. The quantitative estimate of drug-likeness (QED) is 0.646. The molecule has 3 aromatic rings. The largest absolute Gasteiger partial charge is 0.454 e. The molecule has 0 bridgehead atoms. The van der Waals surface area contributed by atoms with Gasteiger partial charge >= 0.3 is 0 Å². The highest BCUT2D eigenvalue weighted by Crippen LogP contribution is 2.32. The van der Waals surface area contributed by atoms with Crippen molar-refractivity contribution in [1.29, 1.82) is 0 Å². The number of nitrogens with zero attached hydrogens (tertiary/aromatic N) is 1. The average molecular weight is 393 g/mol. The summed E-state index contributed by atoms with van der Waals surface area (Å²) < 4.78 is 10.6. The third-order valence-corrected chi connectivity index (χ3v) is 5.03. The zero-order chi connectivity index (χ0) is 20.2. The highest BCUT2D eigenvalue weighted by atomic mass is 16.7. The number of benzene rings is 2. The van der Waals surface area contributed by atoms with Crippen molar-refractivity contribution in [1.82, 2.24) is 15.2 Å². The molecule has 0 unspecified atom stereocenters. The van der Waals surface area contributed by atoms with Crippen molar-refractivity contribution >= 4 is 22.7 Å². The summed E-state index contributed by atoms with van der Waals surface area (Å²) >= 11 is 0. The Morgan fingerprint density at radius 1 is 1.14 bits per heavy atom. The molecular weight excluding hydrogens is 370 g/mol. The van der Waals surface area contributed by atoms with Crippen LogP contribution in [-0.2, 0) is 22.6 Å². The van der Waals surface area contributed by atoms with Gasteiger partial charge in [-0.25, -0.2) is 0 Å². The van der Waals surface area contributed by atoms with Crippen LogP contribution in [0.15, 0.2) is 48.7 Å². The molecule has 29 heavy (non-hydrogen) atoms. The van der Waals surface area contributed by atoms with Crippen LogP contribution in [0.5, 0.6) is 11.5 Å². The van der Waals surface area contributed by atoms with Gasteiger partial charge in [0, 0.05) is 37.1 Å². The first-order valence-corrected chi connectivity index (χ1v) is 9.56. The molecule has 7 nitrogen and oxygen atoms in total. The minimum absolute atomic E-state index is 0.0300. The van der Waals surface area contributed by atoms with E-state index in [4.69, 9.17) is 9.47 Å². The number of aromatic amines is 1. The molecule has 0 saturated heterocycles. The smallest absolute Gasteiger partial charge is 0.239 e. The maximum absolute atomic E-state index is 12.4. The lowest BCUT2D eigenvalue weighted by atomic mass is 10.1. The Hall–Kier alpha value is -3.48. The second-order valence-corrected chi connectivity index (χ2v) is 7.01. The molecule has 0 fully saturated rings. The fraction of sp³-hybridized carbons (Fsp3) is 0.273. The van der Waals surface area contributed by atoms with Crippen LogP contribution >= 0.6 is 0 Å². The van der Waals surface area contributed by atoms with Gasteiger partial charge in [0.05, 0.1) is 6.54 Å². The van der Waals surface area contributed by atoms with E-state index < -0.39 is 0 Å². The van der Waals surface area contributed by atoms with Gasteiger partial charge in [-0.1, -0.05) is 24.3 Å². The molecule has 2 aromatic carbocycles. The summed E-state index contributed by atoms with van der Waals surface area (Å²) in [5.74, 6) is 1.07. The number of aromatic nitrogens is 1. The summed E-state index contributed by atoms with van der Waals surface area (Å²) in [7, 11) is 0. The van der Waals surface area contributed by atoms with E-state index in [1.165, 1.54) is 6.92 Å². The Bertz CT molecular complexity index is 1040. The summed E-state index contributed by atoms with van der Waals surface area (Å²) in [4.78, 5) is 29.2. The fourth-order valence-electron chi connectivity index (χ4n) is 3.42. The van der Waals surface area contributed by atoms with Gasteiger partial charge in [0.25, 0.3) is 0 Å². The van der Waals surface area contributed by atoms with Crippen molar-refractivity contribution in [3.05, 3.63) is 59.8 Å². The molecule has 2 heterocycles. The first-order valence-electron chi connectivity index (χ1n) is 9.56. The Morgan fingerprint density at radius 2 is 1.97 bits per heavy atom. The molecule has 1 aliphatic rings. The summed E-state index contributed by atoms with van der Waals surface area (Å²) in [6.45, 7) is 2.58. The summed E-state index contributed by atoms with van der Waals surface area (Å²) in [6, 6.07) is 13.6. The second-order valence-electron chi connectivity index (χ2n) is 7.01. The fourth-order valence-corrected chi connectivity index (χ4v) is 3.42. The van der Waals surface area contributed by atoms with E-state index in [9.17, 15) is 9.59 Å². The van der Waals surface area contributed by atoms with E-state index in [2.05, 4.69) is 16.4 Å². The molecule has 1 aliphatic heterocycles. The lowest BCUT2D eigenvalue weighted by Crippen LogP contribution is -2.40. The van der Waals surface area contributed by atoms with Crippen molar-refractivity contribution in [3.63, 3.8) is 0 Å². The lowest BCUT2D eigenvalue weighted by molar-refractivity contribution is -0.134. The normalized spacial score (nSPS) is 12.2. The van der Waals surface area contributed by atoms with Crippen molar-refractivity contribution < 1.29 is 19.1 Å². The maximum atomic E-state index is 12.4. The van der Waals surface area contributed by atoms with Crippen LogP contribution in [-0.4, -0.2) is 41.6 Å². The third-order valence-electron chi connectivity index (χ3n) is 5.03. The van der Waals surface area contributed by atoms with Crippen molar-refractivity contribution in [2.45, 2.75) is 19.9 Å². The molecule has 0 aliphatic carbocycles. The predicted molar refractivity (Wildman–Crippen MR) is 109 cm³/mol. The second kappa shape index (κ2) is 8.26. The van der Waals surface area contributed by atoms with Gasteiger partial charge in [-0.3, -0.25) is 9.59 Å². The van der Waals surface area contributed by atoms with Crippen molar-refractivity contribution in [2.75, 3.05) is 19.9 Å². The summed E-state index contributed by atoms with van der Waals surface area (Å²) in [5, 5.41) is 4.00. The zero-order valence-corrected chi connectivity index (χ0v) is 16.2. The Kier molecular flexibility index (Phi) is 5.37. The molecule has 0 spiro atoms. The van der Waals surface area contributed by atoms with Gasteiger partial charge in [-0.05, 0) is 35.7 Å². The van der Waals surface area contributed by atoms with Gasteiger partial charge < -0.3 is 24.7 Å².